The first kappa shape index (κ1) is 14.2. The van der Waals surface area contributed by atoms with E-state index in [-0.39, 0.29) is 17.5 Å². The molecule has 0 aliphatic carbocycles. The molecule has 1 aromatic heterocycles. The van der Waals surface area contributed by atoms with Crippen LogP contribution in [-0.4, -0.2) is 17.0 Å². The van der Waals surface area contributed by atoms with Gasteiger partial charge in [0.15, 0.2) is 11.5 Å². The van der Waals surface area contributed by atoms with Gasteiger partial charge in [0.05, 0.1) is 6.42 Å². The molecular weight excluding hydrogens is 306 g/mol. The van der Waals surface area contributed by atoms with Crippen molar-refractivity contribution < 1.29 is 14.1 Å². The molecule has 0 fully saturated rings. The molecule has 6 nitrogen and oxygen atoms in total. The number of hydrogen-bond donors (Lipinski definition) is 2. The van der Waals surface area contributed by atoms with Crippen LogP contribution in [0.3, 0.4) is 0 Å². The first-order valence-corrected chi connectivity index (χ1v) is 7.45. The van der Waals surface area contributed by atoms with Gasteiger partial charge < -0.3 is 15.2 Å². The summed E-state index contributed by atoms with van der Waals surface area (Å²) < 4.78 is 5.23. The van der Waals surface area contributed by atoms with E-state index in [4.69, 9.17) is 4.52 Å². The molecule has 1 aliphatic rings. The zero-order valence-corrected chi connectivity index (χ0v) is 12.6. The standard InChI is InChI=1S/C18H13N3O3/c22-17-9-12-8-13(6-7-14(12)20-17)19-18(23)15-10-16(24-21-15)11-4-2-1-3-5-11/h1-8,10H,9H2,(H,19,23)(H,20,22). The molecule has 1 aliphatic heterocycles. The molecule has 2 N–H and O–H groups in total. The van der Waals surface area contributed by atoms with E-state index in [1.54, 1.807) is 24.3 Å². The summed E-state index contributed by atoms with van der Waals surface area (Å²) in [5.41, 5.74) is 3.31. The van der Waals surface area contributed by atoms with E-state index in [1.807, 2.05) is 30.3 Å². The van der Waals surface area contributed by atoms with E-state index in [0.717, 1.165) is 16.8 Å². The minimum Gasteiger partial charge on any atom is -0.355 e. The fourth-order valence-electron chi connectivity index (χ4n) is 2.62. The summed E-state index contributed by atoms with van der Waals surface area (Å²) in [5.74, 6) is 0.125. The quantitative estimate of drug-likeness (QED) is 0.777. The number of fused-ring (bicyclic) bond motifs is 1. The average molecular weight is 319 g/mol. The van der Waals surface area contributed by atoms with E-state index >= 15 is 0 Å². The van der Waals surface area contributed by atoms with Crippen molar-refractivity contribution in [3.8, 4) is 11.3 Å². The Kier molecular flexibility index (Phi) is 3.35. The highest BCUT2D eigenvalue weighted by atomic mass is 16.5. The lowest BCUT2D eigenvalue weighted by molar-refractivity contribution is -0.115. The highest BCUT2D eigenvalue weighted by molar-refractivity contribution is 6.04. The number of benzene rings is 2. The molecule has 2 amide bonds. The van der Waals surface area contributed by atoms with Gasteiger partial charge in [-0.25, -0.2) is 0 Å². The van der Waals surface area contributed by atoms with Gasteiger partial charge in [-0.2, -0.15) is 0 Å². The summed E-state index contributed by atoms with van der Waals surface area (Å²) in [6, 6.07) is 16.3. The van der Waals surface area contributed by atoms with Gasteiger partial charge in [0, 0.05) is 23.0 Å². The Morgan fingerprint density at radius 3 is 2.79 bits per heavy atom. The van der Waals surface area contributed by atoms with E-state index in [0.29, 0.717) is 17.9 Å². The maximum Gasteiger partial charge on any atom is 0.277 e. The summed E-state index contributed by atoms with van der Waals surface area (Å²) in [6.45, 7) is 0. The van der Waals surface area contributed by atoms with Crippen LogP contribution in [0.1, 0.15) is 16.1 Å². The van der Waals surface area contributed by atoms with E-state index in [1.165, 1.54) is 0 Å². The Labute approximate surface area is 137 Å². The Bertz CT molecular complexity index is 932. The van der Waals surface area contributed by atoms with Gasteiger partial charge in [-0.05, 0) is 23.8 Å². The molecule has 6 heteroatoms. The van der Waals surface area contributed by atoms with Crippen molar-refractivity contribution in [3.63, 3.8) is 0 Å². The predicted molar refractivity (Wildman–Crippen MR) is 88.7 cm³/mol. The van der Waals surface area contributed by atoms with Crippen LogP contribution in [0.25, 0.3) is 11.3 Å². The minimum absolute atomic E-state index is 0.0440. The number of nitrogens with one attached hydrogen (secondary N) is 2. The summed E-state index contributed by atoms with van der Waals surface area (Å²) in [5, 5.41) is 9.34. The predicted octanol–water partition coefficient (Wildman–Crippen LogP) is 3.09. The number of carbonyl (C=O) groups excluding carboxylic acids is 2. The number of nitrogens with zero attached hydrogens (tertiary/aromatic N) is 1. The molecular formula is C18H13N3O3. The van der Waals surface area contributed by atoms with Crippen molar-refractivity contribution in [1.82, 2.24) is 5.16 Å². The molecule has 2 aromatic carbocycles. The second kappa shape index (κ2) is 5.66. The molecule has 0 spiro atoms. The monoisotopic (exact) mass is 319 g/mol. The lowest BCUT2D eigenvalue weighted by Crippen LogP contribution is -2.12. The molecule has 0 saturated heterocycles. The molecule has 0 saturated carbocycles. The van der Waals surface area contributed by atoms with Gasteiger partial charge in [0.25, 0.3) is 5.91 Å². The van der Waals surface area contributed by atoms with E-state index in [2.05, 4.69) is 15.8 Å². The lowest BCUT2D eigenvalue weighted by Gasteiger charge is -2.05. The van der Waals surface area contributed by atoms with Crippen LogP contribution in [0.5, 0.6) is 0 Å². The number of hydrogen-bond acceptors (Lipinski definition) is 4. The summed E-state index contributed by atoms with van der Waals surface area (Å²) in [7, 11) is 0. The highest BCUT2D eigenvalue weighted by Crippen LogP contribution is 2.26. The number of rotatable bonds is 3. The topological polar surface area (TPSA) is 84.2 Å². The number of carbonyl (C=O) groups is 2. The molecule has 4 rings (SSSR count). The molecule has 0 unspecified atom stereocenters. The number of anilines is 2. The van der Waals surface area contributed by atoms with Crippen molar-refractivity contribution in [3.05, 3.63) is 65.9 Å². The fourth-order valence-corrected chi connectivity index (χ4v) is 2.62. The fraction of sp³-hybridized carbons (Fsp3) is 0.0556. The van der Waals surface area contributed by atoms with Crippen molar-refractivity contribution in [2.24, 2.45) is 0 Å². The minimum atomic E-state index is -0.363. The third kappa shape index (κ3) is 2.65. The first-order chi connectivity index (χ1) is 11.7. The Morgan fingerprint density at radius 2 is 1.96 bits per heavy atom. The third-order valence-corrected chi connectivity index (χ3v) is 3.79. The van der Waals surface area contributed by atoms with E-state index < -0.39 is 0 Å². The van der Waals surface area contributed by atoms with Crippen LogP contribution in [0.4, 0.5) is 11.4 Å². The molecule has 0 radical (unpaired) electrons. The van der Waals surface area contributed by atoms with Crippen LogP contribution >= 0.6 is 0 Å². The molecule has 24 heavy (non-hydrogen) atoms. The second-order valence-electron chi connectivity index (χ2n) is 5.49. The summed E-state index contributed by atoms with van der Waals surface area (Å²) >= 11 is 0. The summed E-state index contributed by atoms with van der Waals surface area (Å²) in [4.78, 5) is 23.7. The van der Waals surface area contributed by atoms with Gasteiger partial charge in [-0.1, -0.05) is 35.5 Å². The van der Waals surface area contributed by atoms with Crippen molar-refractivity contribution in [2.75, 3.05) is 10.6 Å². The largest absolute Gasteiger partial charge is 0.355 e. The van der Waals surface area contributed by atoms with Crippen LogP contribution in [0.2, 0.25) is 0 Å². The van der Waals surface area contributed by atoms with E-state index in [9.17, 15) is 9.59 Å². The maximum absolute atomic E-state index is 12.3. The van der Waals surface area contributed by atoms with Gasteiger partial charge >= 0.3 is 0 Å². The normalized spacial score (nSPS) is 12.6. The molecule has 3 aromatic rings. The molecule has 0 atom stereocenters. The van der Waals surface area contributed by atoms with Crippen molar-refractivity contribution >= 4 is 23.2 Å². The van der Waals surface area contributed by atoms with Crippen LogP contribution in [-0.2, 0) is 11.2 Å². The maximum atomic E-state index is 12.3. The first-order valence-electron chi connectivity index (χ1n) is 7.45. The third-order valence-electron chi connectivity index (χ3n) is 3.79. The number of aromatic nitrogens is 1. The SMILES string of the molecule is O=C1Cc2cc(NC(=O)c3cc(-c4ccccc4)on3)ccc2N1. The average Bonchev–Trinajstić information content (AvgIpc) is 3.21. The molecule has 0 bridgehead atoms. The van der Waals surface area contributed by atoms with Crippen LogP contribution in [0, 0.1) is 0 Å². The van der Waals surface area contributed by atoms with Crippen LogP contribution in [0.15, 0.2) is 59.1 Å². The highest BCUT2D eigenvalue weighted by Gasteiger charge is 2.19. The summed E-state index contributed by atoms with van der Waals surface area (Å²) in [6.07, 6.45) is 0.321. The lowest BCUT2D eigenvalue weighted by atomic mass is 10.1. The van der Waals surface area contributed by atoms with Crippen LogP contribution < -0.4 is 10.6 Å². The zero-order valence-electron chi connectivity index (χ0n) is 12.6. The van der Waals surface area contributed by atoms with Crippen molar-refractivity contribution in [2.45, 2.75) is 6.42 Å². The van der Waals surface area contributed by atoms with Crippen molar-refractivity contribution in [1.29, 1.82) is 0 Å². The van der Waals surface area contributed by atoms with Gasteiger partial charge in [-0.15, -0.1) is 0 Å². The van der Waals surface area contributed by atoms with Gasteiger partial charge in [-0.3, -0.25) is 9.59 Å². The smallest absolute Gasteiger partial charge is 0.277 e. The zero-order chi connectivity index (χ0) is 16.5. The van der Waals surface area contributed by atoms with Gasteiger partial charge in [0.2, 0.25) is 5.91 Å². The Hall–Kier alpha value is -3.41. The number of amides is 2. The Morgan fingerprint density at radius 1 is 1.12 bits per heavy atom. The van der Waals surface area contributed by atoms with Gasteiger partial charge in [0.1, 0.15) is 0 Å². The second-order valence-corrected chi connectivity index (χ2v) is 5.49. The molecule has 2 heterocycles. The Balaban J connectivity index is 1.52. The molecule has 118 valence electrons.